The monoisotopic (exact) mass is 494 g/mol. The number of carbonyl (C=O) groups is 4. The summed E-state index contributed by atoms with van der Waals surface area (Å²) in [4.78, 5) is 52.3. The van der Waals surface area contributed by atoms with Gasteiger partial charge in [-0.25, -0.2) is 4.79 Å². The molecule has 1 spiro atoms. The van der Waals surface area contributed by atoms with Gasteiger partial charge in [-0.2, -0.15) is 0 Å². The highest BCUT2D eigenvalue weighted by molar-refractivity contribution is 6.09. The van der Waals surface area contributed by atoms with Crippen LogP contribution in [-0.4, -0.2) is 59.3 Å². The van der Waals surface area contributed by atoms with Crippen molar-refractivity contribution in [2.24, 2.45) is 0 Å². The predicted molar refractivity (Wildman–Crippen MR) is 130 cm³/mol. The molecule has 1 saturated heterocycles. The van der Waals surface area contributed by atoms with Gasteiger partial charge in [-0.05, 0) is 42.7 Å². The molecule has 0 aromatic heterocycles. The summed E-state index contributed by atoms with van der Waals surface area (Å²) in [5, 5.41) is 0. The lowest BCUT2D eigenvalue weighted by Gasteiger charge is -2.35. The van der Waals surface area contributed by atoms with E-state index in [0.717, 1.165) is 29.7 Å². The molecule has 10 nitrogen and oxygen atoms in total. The van der Waals surface area contributed by atoms with Gasteiger partial charge in [0.1, 0.15) is 30.2 Å². The molecule has 2 aromatic rings. The van der Waals surface area contributed by atoms with Gasteiger partial charge < -0.3 is 14.4 Å². The number of likely N-dealkylation sites (N-methyl/N-ethyl adjacent to an activating group) is 1. The van der Waals surface area contributed by atoms with Crippen molar-refractivity contribution in [1.82, 2.24) is 20.7 Å². The van der Waals surface area contributed by atoms with Crippen LogP contribution in [0.3, 0.4) is 0 Å². The Morgan fingerprint density at radius 2 is 1.47 bits per heavy atom. The minimum atomic E-state index is -0.852. The molecule has 0 radical (unpaired) electrons. The quantitative estimate of drug-likeness (QED) is 0.430. The highest BCUT2D eigenvalue weighted by Crippen LogP contribution is 2.39. The maximum absolute atomic E-state index is 12.9. The summed E-state index contributed by atoms with van der Waals surface area (Å²) in [6, 6.07) is 16.1. The van der Waals surface area contributed by atoms with E-state index in [2.05, 4.69) is 10.9 Å². The first kappa shape index (κ1) is 25.0. The number of urea groups is 1. The number of benzene rings is 2. The number of hydrogen-bond acceptors (Lipinski definition) is 6. The molecule has 1 saturated carbocycles. The highest BCUT2D eigenvalue weighted by atomic mass is 16.5. The normalized spacial score (nSPS) is 16.7. The van der Waals surface area contributed by atoms with Crippen molar-refractivity contribution in [3.05, 3.63) is 60.2 Å². The van der Waals surface area contributed by atoms with Crippen LogP contribution in [-0.2, 0) is 21.0 Å². The molecule has 2 aliphatic rings. The summed E-state index contributed by atoms with van der Waals surface area (Å²) in [5.74, 6) is -0.498. The molecular weight excluding hydrogens is 464 g/mol. The van der Waals surface area contributed by atoms with E-state index in [1.165, 1.54) is 4.90 Å². The lowest BCUT2D eigenvalue weighted by Crippen LogP contribution is -2.51. The van der Waals surface area contributed by atoms with Crippen LogP contribution < -0.4 is 20.3 Å². The lowest BCUT2D eigenvalue weighted by molar-refractivity contribution is -0.138. The van der Waals surface area contributed by atoms with Gasteiger partial charge in [-0.1, -0.05) is 49.6 Å². The lowest BCUT2D eigenvalue weighted by atomic mass is 9.81. The molecule has 190 valence electrons. The summed E-state index contributed by atoms with van der Waals surface area (Å²) >= 11 is 0. The summed E-state index contributed by atoms with van der Waals surface area (Å²) < 4.78 is 11.1. The zero-order chi connectivity index (χ0) is 25.5. The van der Waals surface area contributed by atoms with Crippen LogP contribution in [0.5, 0.6) is 11.5 Å². The average Bonchev–Trinajstić information content (AvgIpc) is 3.07. The molecule has 0 unspecified atom stereocenters. The Balaban J connectivity index is 1.18. The number of amides is 5. The maximum atomic E-state index is 12.9. The van der Waals surface area contributed by atoms with Crippen molar-refractivity contribution in [2.45, 2.75) is 44.2 Å². The number of ether oxygens (including phenoxy) is 2. The van der Waals surface area contributed by atoms with E-state index in [1.54, 1.807) is 31.3 Å². The molecule has 1 aliphatic carbocycles. The van der Waals surface area contributed by atoms with E-state index >= 15 is 0 Å². The molecule has 2 fully saturated rings. The number of hydrazine groups is 1. The number of imide groups is 1. The van der Waals surface area contributed by atoms with Gasteiger partial charge in [-0.15, -0.1) is 0 Å². The van der Waals surface area contributed by atoms with Crippen molar-refractivity contribution >= 4 is 23.8 Å². The van der Waals surface area contributed by atoms with Crippen molar-refractivity contribution in [3.8, 4) is 11.5 Å². The zero-order valence-corrected chi connectivity index (χ0v) is 20.2. The zero-order valence-electron chi connectivity index (χ0n) is 20.2. The number of carbonyl (C=O) groups excluding carboxylic acids is 4. The Kier molecular flexibility index (Phi) is 7.72. The SMILES string of the molecule is CN1C(=O)N(CC(=O)NNC(=O)COc2ccc(OCc3ccccc3)cc2)C(=O)C12CCCCC2. The van der Waals surface area contributed by atoms with Crippen molar-refractivity contribution in [3.63, 3.8) is 0 Å². The van der Waals surface area contributed by atoms with Crippen LogP contribution in [0.1, 0.15) is 37.7 Å². The fraction of sp³-hybridized carbons (Fsp3) is 0.385. The maximum Gasteiger partial charge on any atom is 0.327 e. The van der Waals surface area contributed by atoms with E-state index < -0.39 is 29.9 Å². The van der Waals surface area contributed by atoms with Crippen LogP contribution in [0.25, 0.3) is 0 Å². The van der Waals surface area contributed by atoms with Gasteiger partial charge in [0.15, 0.2) is 6.61 Å². The first-order valence-electron chi connectivity index (χ1n) is 12.0. The third-order valence-corrected chi connectivity index (χ3v) is 6.57. The molecule has 2 aromatic carbocycles. The van der Waals surface area contributed by atoms with E-state index in [-0.39, 0.29) is 12.5 Å². The second kappa shape index (κ2) is 11.1. The highest BCUT2D eigenvalue weighted by Gasteiger charge is 2.55. The Morgan fingerprint density at radius 1 is 0.861 bits per heavy atom. The Hall–Kier alpha value is -4.08. The topological polar surface area (TPSA) is 117 Å². The second-order valence-corrected chi connectivity index (χ2v) is 8.96. The summed E-state index contributed by atoms with van der Waals surface area (Å²) in [6.07, 6.45) is 3.95. The Bertz CT molecular complexity index is 1100. The van der Waals surface area contributed by atoms with E-state index in [4.69, 9.17) is 9.47 Å². The summed E-state index contributed by atoms with van der Waals surface area (Å²) in [5.41, 5.74) is 4.67. The number of nitrogens with one attached hydrogen (secondary N) is 2. The van der Waals surface area contributed by atoms with Gasteiger partial charge in [0.25, 0.3) is 17.7 Å². The average molecular weight is 495 g/mol. The third kappa shape index (κ3) is 5.59. The molecule has 2 N–H and O–H groups in total. The first-order valence-corrected chi connectivity index (χ1v) is 12.0. The predicted octanol–water partition coefficient (Wildman–Crippen LogP) is 2.39. The van der Waals surface area contributed by atoms with Gasteiger partial charge in [0.05, 0.1) is 0 Å². The minimum Gasteiger partial charge on any atom is -0.489 e. The molecule has 0 bridgehead atoms. The molecule has 1 aliphatic heterocycles. The van der Waals surface area contributed by atoms with E-state index in [9.17, 15) is 19.2 Å². The number of nitrogens with zero attached hydrogens (tertiary/aromatic N) is 2. The van der Waals surface area contributed by atoms with Gasteiger partial charge in [0, 0.05) is 7.05 Å². The molecular formula is C26H30N4O6. The molecule has 5 amide bonds. The number of hydrogen-bond donors (Lipinski definition) is 2. The molecule has 1 heterocycles. The van der Waals surface area contributed by atoms with Crippen LogP contribution in [0.4, 0.5) is 4.79 Å². The fourth-order valence-electron chi connectivity index (χ4n) is 4.55. The van der Waals surface area contributed by atoms with E-state index in [0.29, 0.717) is 30.9 Å². The van der Waals surface area contributed by atoms with Crippen LogP contribution >= 0.6 is 0 Å². The molecule has 36 heavy (non-hydrogen) atoms. The standard InChI is InChI=1S/C26H30N4O6/c1-29-25(34)30(24(33)26(29)14-6-3-7-15-26)16-22(31)27-28-23(32)18-36-21-12-10-20(11-13-21)35-17-19-8-4-2-5-9-19/h2,4-5,8-13H,3,6-7,14-18H2,1H3,(H,27,31)(H,28,32). The molecule has 10 heteroatoms. The smallest absolute Gasteiger partial charge is 0.327 e. The third-order valence-electron chi connectivity index (χ3n) is 6.57. The van der Waals surface area contributed by atoms with E-state index in [1.807, 2.05) is 30.3 Å². The fourth-order valence-corrected chi connectivity index (χ4v) is 4.55. The Morgan fingerprint density at radius 3 is 2.14 bits per heavy atom. The summed E-state index contributed by atoms with van der Waals surface area (Å²) in [7, 11) is 1.60. The summed E-state index contributed by atoms with van der Waals surface area (Å²) in [6.45, 7) is -0.359. The van der Waals surface area contributed by atoms with Crippen molar-refractivity contribution in [2.75, 3.05) is 20.2 Å². The molecule has 4 rings (SSSR count). The largest absolute Gasteiger partial charge is 0.489 e. The van der Waals surface area contributed by atoms with Crippen molar-refractivity contribution < 1.29 is 28.7 Å². The first-order chi connectivity index (χ1) is 17.4. The minimum absolute atomic E-state index is 0.335. The number of rotatable bonds is 8. The van der Waals surface area contributed by atoms with Gasteiger partial charge in [-0.3, -0.25) is 30.1 Å². The van der Waals surface area contributed by atoms with Crippen LogP contribution in [0.2, 0.25) is 0 Å². The van der Waals surface area contributed by atoms with Crippen LogP contribution in [0, 0.1) is 0 Å². The van der Waals surface area contributed by atoms with Gasteiger partial charge in [0.2, 0.25) is 0 Å². The Labute approximate surface area is 209 Å². The second-order valence-electron chi connectivity index (χ2n) is 8.96. The van der Waals surface area contributed by atoms with Gasteiger partial charge >= 0.3 is 6.03 Å². The molecule has 0 atom stereocenters. The van der Waals surface area contributed by atoms with Crippen LogP contribution in [0.15, 0.2) is 54.6 Å². The van der Waals surface area contributed by atoms with Crippen molar-refractivity contribution in [1.29, 1.82) is 0 Å².